The summed E-state index contributed by atoms with van der Waals surface area (Å²) in [4.78, 5) is 40.9. The fourth-order valence-electron chi connectivity index (χ4n) is 6.75. The SMILES string of the molecule is O=C(Nc1ccc(Cl)c(Cl)c1)C1CCC(N2C(=O)[C@@H]3[C@@H]4C=C[C@H]([C@H]5C[C@H]45)[C@@H]3C2=O)CC1. The second-order valence-electron chi connectivity index (χ2n) is 9.82. The third kappa shape index (κ3) is 3.00. The van der Waals surface area contributed by atoms with Crippen molar-refractivity contribution < 1.29 is 14.4 Å². The summed E-state index contributed by atoms with van der Waals surface area (Å²) in [6, 6.07) is 4.96. The summed E-state index contributed by atoms with van der Waals surface area (Å²) >= 11 is 12.0. The number of rotatable bonds is 3. The van der Waals surface area contributed by atoms with Gasteiger partial charge >= 0.3 is 0 Å². The number of halogens is 2. The molecule has 7 heteroatoms. The number of nitrogens with one attached hydrogen (secondary N) is 1. The highest BCUT2D eigenvalue weighted by Gasteiger charge is 2.67. The van der Waals surface area contributed by atoms with Crippen molar-refractivity contribution in [2.75, 3.05) is 5.32 Å². The molecule has 6 aliphatic rings. The van der Waals surface area contributed by atoms with Gasteiger partial charge in [0.2, 0.25) is 17.7 Å². The molecule has 2 bridgehead atoms. The average molecular weight is 459 g/mol. The third-order valence-electron chi connectivity index (χ3n) is 8.32. The van der Waals surface area contributed by atoms with Gasteiger partial charge in [0.1, 0.15) is 0 Å². The summed E-state index contributed by atoms with van der Waals surface area (Å²) < 4.78 is 0. The fourth-order valence-corrected chi connectivity index (χ4v) is 7.05. The van der Waals surface area contributed by atoms with Crippen LogP contribution in [0.1, 0.15) is 32.1 Å². The van der Waals surface area contributed by atoms with Crippen LogP contribution in [0.15, 0.2) is 30.4 Å². The minimum Gasteiger partial charge on any atom is -0.326 e. The normalized spacial score (nSPS) is 40.0. The molecule has 1 saturated heterocycles. The topological polar surface area (TPSA) is 66.5 Å². The van der Waals surface area contributed by atoms with Crippen LogP contribution in [0.5, 0.6) is 0 Å². The zero-order valence-electron chi connectivity index (χ0n) is 17.0. The van der Waals surface area contributed by atoms with Gasteiger partial charge in [0.15, 0.2) is 0 Å². The van der Waals surface area contributed by atoms with Gasteiger partial charge in [0.25, 0.3) is 0 Å². The van der Waals surface area contributed by atoms with Crippen LogP contribution in [0, 0.1) is 41.4 Å². The Labute approximate surface area is 191 Å². The number of nitrogens with zero attached hydrogens (tertiary/aromatic N) is 1. The van der Waals surface area contributed by atoms with Gasteiger partial charge < -0.3 is 5.32 Å². The summed E-state index contributed by atoms with van der Waals surface area (Å²) in [6.45, 7) is 0. The quantitative estimate of drug-likeness (QED) is 0.533. The highest BCUT2D eigenvalue weighted by atomic mass is 35.5. The van der Waals surface area contributed by atoms with Crippen LogP contribution in [0.3, 0.4) is 0 Å². The smallest absolute Gasteiger partial charge is 0.233 e. The third-order valence-corrected chi connectivity index (χ3v) is 9.06. The summed E-state index contributed by atoms with van der Waals surface area (Å²) in [7, 11) is 0. The average Bonchev–Trinajstić information content (AvgIpc) is 3.54. The lowest BCUT2D eigenvalue weighted by Crippen LogP contribution is -2.44. The summed E-state index contributed by atoms with van der Waals surface area (Å²) in [5, 5.41) is 3.76. The van der Waals surface area contributed by atoms with E-state index in [0.717, 1.165) is 0 Å². The molecule has 0 radical (unpaired) electrons. The van der Waals surface area contributed by atoms with Gasteiger partial charge in [-0.15, -0.1) is 0 Å². The predicted octanol–water partition coefficient (Wildman–Crippen LogP) is 4.54. The first kappa shape index (κ1) is 19.8. The number of benzene rings is 1. The Bertz CT molecular complexity index is 980. The lowest BCUT2D eigenvalue weighted by molar-refractivity contribution is -0.144. The Balaban J connectivity index is 1.11. The first-order valence-electron chi connectivity index (χ1n) is 11.2. The Morgan fingerprint density at radius 3 is 2.10 bits per heavy atom. The molecule has 6 atom stereocenters. The molecule has 7 rings (SSSR count). The molecule has 0 spiro atoms. The van der Waals surface area contributed by atoms with Crippen LogP contribution in [0.25, 0.3) is 0 Å². The van der Waals surface area contributed by atoms with E-state index in [0.29, 0.717) is 53.3 Å². The monoisotopic (exact) mass is 458 g/mol. The standard InChI is InChI=1S/C24H24Cl2N2O3/c25-18-8-3-12(9-19(18)26)27-22(29)11-1-4-13(5-2-11)28-23(30)20-14-6-7-15(17-10-16(14)17)21(20)24(28)31/h3,6-9,11,13-17,20-21H,1-2,4-5,10H2,(H,27,29)/t11?,13?,14-,15-,16-,17-,20-,21+/m1/s1. The van der Waals surface area contributed by atoms with E-state index in [1.165, 1.54) is 6.42 Å². The van der Waals surface area contributed by atoms with Gasteiger partial charge in [-0.3, -0.25) is 19.3 Å². The lowest BCUT2D eigenvalue weighted by atomic mass is 9.63. The molecule has 0 aromatic heterocycles. The van der Waals surface area contributed by atoms with Crippen LogP contribution in [0.4, 0.5) is 5.69 Å². The zero-order chi connectivity index (χ0) is 21.4. The number of anilines is 1. The van der Waals surface area contributed by atoms with Crippen molar-refractivity contribution in [2.45, 2.75) is 38.1 Å². The molecule has 5 aliphatic carbocycles. The van der Waals surface area contributed by atoms with Crippen LogP contribution in [-0.2, 0) is 14.4 Å². The van der Waals surface area contributed by atoms with Gasteiger partial charge in [-0.25, -0.2) is 0 Å². The van der Waals surface area contributed by atoms with Crippen LogP contribution >= 0.6 is 23.2 Å². The number of imide groups is 1. The van der Waals surface area contributed by atoms with Gasteiger partial charge in [-0.1, -0.05) is 35.4 Å². The molecule has 1 aromatic carbocycles. The number of hydrogen-bond acceptors (Lipinski definition) is 3. The Kier molecular flexibility index (Phi) is 4.52. The maximum absolute atomic E-state index is 13.3. The second kappa shape index (κ2) is 7.08. The van der Waals surface area contributed by atoms with Crippen molar-refractivity contribution >= 4 is 46.6 Å². The van der Waals surface area contributed by atoms with Crippen LogP contribution in [0.2, 0.25) is 10.0 Å². The minimum absolute atomic E-state index is 0.0448. The Morgan fingerprint density at radius 1 is 0.903 bits per heavy atom. The maximum Gasteiger partial charge on any atom is 0.233 e. The molecule has 1 aliphatic heterocycles. The van der Waals surface area contributed by atoms with E-state index >= 15 is 0 Å². The summed E-state index contributed by atoms with van der Waals surface area (Å²) in [5.41, 5.74) is 0.622. The van der Waals surface area contributed by atoms with Crippen molar-refractivity contribution in [1.82, 2.24) is 4.90 Å². The number of carbonyl (C=O) groups excluding carboxylic acids is 3. The summed E-state index contributed by atoms with van der Waals surface area (Å²) in [5.74, 6) is 1.39. The summed E-state index contributed by atoms with van der Waals surface area (Å²) in [6.07, 6.45) is 8.30. The molecule has 3 saturated carbocycles. The Hall–Kier alpha value is -1.85. The predicted molar refractivity (Wildman–Crippen MR) is 117 cm³/mol. The molecule has 0 unspecified atom stereocenters. The number of likely N-dealkylation sites (tertiary alicyclic amines) is 1. The van der Waals surface area contributed by atoms with E-state index in [9.17, 15) is 14.4 Å². The van der Waals surface area contributed by atoms with E-state index < -0.39 is 0 Å². The first-order chi connectivity index (χ1) is 14.9. The van der Waals surface area contributed by atoms with Gasteiger partial charge in [-0.05, 0) is 74.0 Å². The highest BCUT2D eigenvalue weighted by Crippen LogP contribution is 2.65. The number of hydrogen-bond donors (Lipinski definition) is 1. The van der Waals surface area contributed by atoms with Crippen molar-refractivity contribution in [3.05, 3.63) is 40.4 Å². The minimum atomic E-state index is -0.137. The van der Waals surface area contributed by atoms with E-state index in [1.807, 2.05) is 0 Å². The van der Waals surface area contributed by atoms with Gasteiger partial charge in [-0.2, -0.15) is 0 Å². The second-order valence-corrected chi connectivity index (χ2v) is 10.6. The molecule has 3 amide bonds. The van der Waals surface area contributed by atoms with Gasteiger partial charge in [0.05, 0.1) is 21.9 Å². The maximum atomic E-state index is 13.3. The van der Waals surface area contributed by atoms with Crippen LogP contribution in [-0.4, -0.2) is 28.7 Å². The molecule has 1 N–H and O–H groups in total. The van der Waals surface area contributed by atoms with Crippen molar-refractivity contribution in [3.63, 3.8) is 0 Å². The molecule has 4 fully saturated rings. The van der Waals surface area contributed by atoms with Crippen molar-refractivity contribution in [2.24, 2.45) is 41.4 Å². The molecule has 31 heavy (non-hydrogen) atoms. The van der Waals surface area contributed by atoms with Crippen molar-refractivity contribution in [1.29, 1.82) is 0 Å². The first-order valence-corrected chi connectivity index (χ1v) is 12.0. The highest BCUT2D eigenvalue weighted by molar-refractivity contribution is 6.42. The zero-order valence-corrected chi connectivity index (χ0v) is 18.5. The number of allylic oxidation sites excluding steroid dienone is 2. The molecule has 1 heterocycles. The number of carbonyl (C=O) groups is 3. The molecule has 5 nitrogen and oxygen atoms in total. The Morgan fingerprint density at radius 2 is 1.52 bits per heavy atom. The lowest BCUT2D eigenvalue weighted by Gasteiger charge is -2.37. The fraction of sp³-hybridized carbons (Fsp3) is 0.542. The van der Waals surface area contributed by atoms with Gasteiger partial charge in [0, 0.05) is 17.6 Å². The number of amides is 3. The van der Waals surface area contributed by atoms with Crippen LogP contribution < -0.4 is 5.32 Å². The molecule has 162 valence electrons. The van der Waals surface area contributed by atoms with E-state index in [2.05, 4.69) is 17.5 Å². The van der Waals surface area contributed by atoms with E-state index in [4.69, 9.17) is 23.2 Å². The van der Waals surface area contributed by atoms with Crippen molar-refractivity contribution in [3.8, 4) is 0 Å². The molecular formula is C24H24Cl2N2O3. The van der Waals surface area contributed by atoms with E-state index in [-0.39, 0.29) is 53.4 Å². The van der Waals surface area contributed by atoms with E-state index in [1.54, 1.807) is 23.1 Å². The largest absolute Gasteiger partial charge is 0.326 e. The molecular weight excluding hydrogens is 435 g/mol. The molecule has 1 aromatic rings.